The predicted molar refractivity (Wildman–Crippen MR) is 92.7 cm³/mol. The normalized spacial score (nSPS) is 10.3. The molecule has 0 aliphatic rings. The van der Waals surface area contributed by atoms with Crippen molar-refractivity contribution in [1.82, 2.24) is 4.98 Å². The van der Waals surface area contributed by atoms with E-state index < -0.39 is 11.6 Å². The summed E-state index contributed by atoms with van der Waals surface area (Å²) in [5, 5.41) is 5.31. The number of hydrogen-bond acceptors (Lipinski definition) is 3. The molecule has 0 saturated carbocycles. The molecular weight excluding hydrogens is 324 g/mol. The topological polar surface area (TPSA) is 54.0 Å². The quantitative estimate of drug-likeness (QED) is 0.729. The largest absolute Gasteiger partial charge is 0.335 e. The summed E-state index contributed by atoms with van der Waals surface area (Å²) in [6, 6.07) is 16.1. The fourth-order valence-electron chi connectivity index (χ4n) is 2.27. The Morgan fingerprint density at radius 3 is 2.28 bits per heavy atom. The summed E-state index contributed by atoms with van der Waals surface area (Å²) in [7, 11) is 0. The highest BCUT2D eigenvalue weighted by molar-refractivity contribution is 5.92. The molecule has 0 unspecified atom stereocenters. The molecule has 0 aliphatic heterocycles. The summed E-state index contributed by atoms with van der Waals surface area (Å²) in [5.74, 6) is -1.32. The molecule has 2 aromatic carbocycles. The van der Waals surface area contributed by atoms with Gasteiger partial charge in [-0.1, -0.05) is 36.4 Å². The van der Waals surface area contributed by atoms with Crippen LogP contribution in [0.3, 0.4) is 0 Å². The molecule has 6 heteroatoms. The first kappa shape index (κ1) is 16.6. The number of hydrogen-bond donors (Lipinski definition) is 2. The van der Waals surface area contributed by atoms with E-state index >= 15 is 0 Å². The van der Waals surface area contributed by atoms with Crippen molar-refractivity contribution in [2.45, 2.75) is 6.42 Å². The molecule has 3 rings (SSSR count). The number of rotatable bonds is 5. The second-order valence-corrected chi connectivity index (χ2v) is 5.36. The van der Waals surface area contributed by atoms with Gasteiger partial charge in [-0.2, -0.15) is 0 Å². The number of benzene rings is 2. The van der Waals surface area contributed by atoms with Gasteiger partial charge >= 0.3 is 0 Å². The van der Waals surface area contributed by atoms with Crippen molar-refractivity contribution in [3.8, 4) is 0 Å². The molecule has 0 bridgehead atoms. The van der Waals surface area contributed by atoms with Crippen molar-refractivity contribution in [3.05, 3.63) is 84.1 Å². The molecule has 1 amide bonds. The number of nitrogens with one attached hydrogen (secondary N) is 2. The van der Waals surface area contributed by atoms with Crippen molar-refractivity contribution in [2.24, 2.45) is 0 Å². The maximum Gasteiger partial charge on any atom is 0.228 e. The molecule has 126 valence electrons. The summed E-state index contributed by atoms with van der Waals surface area (Å²) < 4.78 is 27.2. The van der Waals surface area contributed by atoms with Crippen LogP contribution in [-0.4, -0.2) is 10.9 Å². The second-order valence-electron chi connectivity index (χ2n) is 5.36. The highest BCUT2D eigenvalue weighted by Crippen LogP contribution is 2.22. The van der Waals surface area contributed by atoms with Gasteiger partial charge in [-0.3, -0.25) is 4.79 Å². The summed E-state index contributed by atoms with van der Waals surface area (Å²) in [4.78, 5) is 16.1. The lowest BCUT2D eigenvalue weighted by atomic mass is 10.1. The predicted octanol–water partition coefficient (Wildman–Crippen LogP) is 4.28. The fourth-order valence-corrected chi connectivity index (χ4v) is 2.27. The number of nitrogens with zero attached hydrogens (tertiary/aromatic N) is 1. The van der Waals surface area contributed by atoms with E-state index in [4.69, 9.17) is 0 Å². The van der Waals surface area contributed by atoms with E-state index in [0.717, 1.165) is 17.7 Å². The molecule has 1 aromatic heterocycles. The standard InChI is InChI=1S/C19H15F2N3O/c20-15-7-4-8-16(21)19(15)24-17-10-9-14(12-22-17)23-18(25)11-13-5-2-1-3-6-13/h1-10,12H,11H2,(H,22,24)(H,23,25). The average molecular weight is 339 g/mol. The summed E-state index contributed by atoms with van der Waals surface area (Å²) in [6.07, 6.45) is 1.67. The van der Waals surface area contributed by atoms with Crippen LogP contribution in [-0.2, 0) is 11.2 Å². The fraction of sp³-hybridized carbons (Fsp3) is 0.0526. The lowest BCUT2D eigenvalue weighted by molar-refractivity contribution is -0.115. The SMILES string of the molecule is O=C(Cc1ccccc1)Nc1ccc(Nc2c(F)cccc2F)nc1. The van der Waals surface area contributed by atoms with E-state index in [1.165, 1.54) is 18.3 Å². The number of carbonyl (C=O) groups excluding carboxylic acids is 1. The Morgan fingerprint density at radius 2 is 1.64 bits per heavy atom. The van der Waals surface area contributed by atoms with Gasteiger partial charge in [0, 0.05) is 0 Å². The Morgan fingerprint density at radius 1 is 0.920 bits per heavy atom. The Bertz CT molecular complexity index is 847. The third-order valence-corrected chi connectivity index (χ3v) is 3.47. The molecule has 3 aromatic rings. The maximum absolute atomic E-state index is 13.6. The van der Waals surface area contributed by atoms with Gasteiger partial charge in [0.1, 0.15) is 23.1 Å². The van der Waals surface area contributed by atoms with Crippen LogP contribution >= 0.6 is 0 Å². The van der Waals surface area contributed by atoms with Gasteiger partial charge in [0.05, 0.1) is 18.3 Å². The zero-order valence-electron chi connectivity index (χ0n) is 13.2. The number of para-hydroxylation sites is 1. The van der Waals surface area contributed by atoms with E-state index in [1.54, 1.807) is 6.07 Å². The molecule has 0 radical (unpaired) electrons. The zero-order chi connectivity index (χ0) is 17.6. The molecule has 0 aliphatic carbocycles. The van der Waals surface area contributed by atoms with E-state index in [2.05, 4.69) is 15.6 Å². The van der Waals surface area contributed by atoms with Crippen molar-refractivity contribution in [2.75, 3.05) is 10.6 Å². The summed E-state index contributed by atoms with van der Waals surface area (Å²) in [5.41, 5.74) is 1.14. The molecule has 0 atom stereocenters. The van der Waals surface area contributed by atoms with Gasteiger partial charge in [-0.25, -0.2) is 13.8 Å². The maximum atomic E-state index is 13.6. The smallest absolute Gasteiger partial charge is 0.228 e. The number of anilines is 3. The Labute approximate surface area is 143 Å². The van der Waals surface area contributed by atoms with Crippen molar-refractivity contribution < 1.29 is 13.6 Å². The van der Waals surface area contributed by atoms with Gasteiger partial charge in [-0.05, 0) is 29.8 Å². The van der Waals surface area contributed by atoms with E-state index in [1.807, 2.05) is 30.3 Å². The lowest BCUT2D eigenvalue weighted by Gasteiger charge is -2.09. The zero-order valence-corrected chi connectivity index (χ0v) is 13.2. The third kappa shape index (κ3) is 4.38. The number of aromatic nitrogens is 1. The van der Waals surface area contributed by atoms with Crippen LogP contribution in [0, 0.1) is 11.6 Å². The minimum atomic E-state index is -0.706. The second kappa shape index (κ2) is 7.53. The first-order valence-electron chi connectivity index (χ1n) is 7.63. The van der Waals surface area contributed by atoms with Crippen LogP contribution in [0.15, 0.2) is 66.9 Å². The van der Waals surface area contributed by atoms with Crippen LogP contribution in [0.2, 0.25) is 0 Å². The molecular formula is C19H15F2N3O. The number of halogens is 2. The molecule has 0 fully saturated rings. The Hall–Kier alpha value is -3.28. The molecule has 0 spiro atoms. The number of amides is 1. The van der Waals surface area contributed by atoms with Crippen LogP contribution in [0.25, 0.3) is 0 Å². The van der Waals surface area contributed by atoms with Crippen molar-refractivity contribution in [3.63, 3.8) is 0 Å². The minimum Gasteiger partial charge on any atom is -0.335 e. The number of carbonyl (C=O) groups is 1. The molecule has 25 heavy (non-hydrogen) atoms. The van der Waals surface area contributed by atoms with Gasteiger partial charge in [0.15, 0.2) is 0 Å². The van der Waals surface area contributed by atoms with Gasteiger partial charge in [0.2, 0.25) is 5.91 Å². The lowest BCUT2D eigenvalue weighted by Crippen LogP contribution is -2.14. The van der Waals surface area contributed by atoms with Crippen molar-refractivity contribution >= 4 is 23.1 Å². The minimum absolute atomic E-state index is 0.172. The van der Waals surface area contributed by atoms with Crippen LogP contribution in [0.4, 0.5) is 26.0 Å². The summed E-state index contributed by atoms with van der Waals surface area (Å²) in [6.45, 7) is 0. The highest BCUT2D eigenvalue weighted by atomic mass is 19.1. The third-order valence-electron chi connectivity index (χ3n) is 3.47. The highest BCUT2D eigenvalue weighted by Gasteiger charge is 2.09. The van der Waals surface area contributed by atoms with Gasteiger partial charge < -0.3 is 10.6 Å². The van der Waals surface area contributed by atoms with Gasteiger partial charge in [0.25, 0.3) is 0 Å². The van der Waals surface area contributed by atoms with Crippen molar-refractivity contribution in [1.29, 1.82) is 0 Å². The van der Waals surface area contributed by atoms with Crippen LogP contribution in [0.1, 0.15) is 5.56 Å². The summed E-state index contributed by atoms with van der Waals surface area (Å²) >= 11 is 0. The number of pyridine rings is 1. The molecule has 0 saturated heterocycles. The first-order chi connectivity index (χ1) is 12.1. The monoisotopic (exact) mass is 339 g/mol. The van der Waals surface area contributed by atoms with Crippen LogP contribution in [0.5, 0.6) is 0 Å². The molecule has 4 nitrogen and oxygen atoms in total. The van der Waals surface area contributed by atoms with E-state index in [-0.39, 0.29) is 23.8 Å². The molecule has 2 N–H and O–H groups in total. The first-order valence-corrected chi connectivity index (χ1v) is 7.63. The molecule has 1 heterocycles. The Balaban J connectivity index is 1.63. The average Bonchev–Trinajstić information content (AvgIpc) is 2.60. The van der Waals surface area contributed by atoms with Gasteiger partial charge in [-0.15, -0.1) is 0 Å². The van der Waals surface area contributed by atoms with E-state index in [9.17, 15) is 13.6 Å². The van der Waals surface area contributed by atoms with E-state index in [0.29, 0.717) is 5.69 Å². The Kier molecular flexibility index (Phi) is 4.99. The van der Waals surface area contributed by atoms with Crippen LogP contribution < -0.4 is 10.6 Å².